The molecule has 2 N–H and O–H groups in total. The van der Waals surface area contributed by atoms with Gasteiger partial charge in [-0.2, -0.15) is 0 Å². The summed E-state index contributed by atoms with van der Waals surface area (Å²) >= 11 is 0. The number of carbonyl (C=O) groups excluding carboxylic acids is 2. The van der Waals surface area contributed by atoms with Crippen LogP contribution in [0.5, 0.6) is 0 Å². The van der Waals surface area contributed by atoms with Crippen molar-refractivity contribution in [1.29, 1.82) is 0 Å². The SMILES string of the molecule is CC.CC(CO)C1OC(=O)C=C2C1CC1OC(=O)C3CC(O)CC2(C)C13. The summed E-state index contributed by atoms with van der Waals surface area (Å²) < 4.78 is 11.2. The Morgan fingerprint density at radius 1 is 1.23 bits per heavy atom. The highest BCUT2D eigenvalue weighted by atomic mass is 16.6. The number of aliphatic hydroxyl groups is 2. The molecule has 3 fully saturated rings. The first kappa shape index (κ1) is 19.4. The number of esters is 2. The average Bonchev–Trinajstić information content (AvgIpc) is 2.93. The lowest BCUT2D eigenvalue weighted by Crippen LogP contribution is -2.55. The molecule has 0 aromatic rings. The first-order valence-electron chi connectivity index (χ1n) is 9.77. The fourth-order valence-electron chi connectivity index (χ4n) is 5.70. The Kier molecular flexibility index (Phi) is 5.19. The van der Waals surface area contributed by atoms with E-state index in [0.29, 0.717) is 19.3 Å². The third-order valence-corrected chi connectivity index (χ3v) is 6.64. The third-order valence-electron chi connectivity index (χ3n) is 6.64. The second-order valence-corrected chi connectivity index (χ2v) is 8.12. The molecular weight excluding hydrogens is 336 g/mol. The predicted molar refractivity (Wildman–Crippen MR) is 93.9 cm³/mol. The lowest BCUT2D eigenvalue weighted by atomic mass is 9.50. The molecule has 0 aromatic heterocycles. The number of fused-ring (bicyclic) bond motifs is 2. The van der Waals surface area contributed by atoms with E-state index in [1.807, 2.05) is 27.7 Å². The van der Waals surface area contributed by atoms with E-state index in [2.05, 4.69) is 0 Å². The van der Waals surface area contributed by atoms with E-state index in [1.54, 1.807) is 6.08 Å². The van der Waals surface area contributed by atoms with Crippen molar-refractivity contribution in [1.82, 2.24) is 0 Å². The molecule has 2 aliphatic heterocycles. The van der Waals surface area contributed by atoms with E-state index < -0.39 is 23.6 Å². The molecule has 1 saturated heterocycles. The van der Waals surface area contributed by atoms with E-state index in [0.717, 1.165) is 5.57 Å². The number of carbonyl (C=O) groups is 2. The van der Waals surface area contributed by atoms with Crippen LogP contribution < -0.4 is 0 Å². The van der Waals surface area contributed by atoms with Crippen LogP contribution in [0.15, 0.2) is 11.6 Å². The minimum Gasteiger partial charge on any atom is -0.462 e. The standard InChI is InChI=1S/C18H24O6.C2H6/c1-8(7-19)16-10-4-13-15-11(17(22)23-13)3-9(20)6-18(15,2)12(10)5-14(21)24-16;1-2/h5,8-11,13,15-16,19-20H,3-4,6-7H2,1-2H3;1-2H3. The lowest BCUT2D eigenvalue weighted by molar-refractivity contribution is -0.158. The molecule has 6 heteroatoms. The molecule has 0 amide bonds. The summed E-state index contributed by atoms with van der Waals surface area (Å²) in [5, 5.41) is 19.9. The summed E-state index contributed by atoms with van der Waals surface area (Å²) in [6, 6.07) is 0. The molecule has 26 heavy (non-hydrogen) atoms. The quantitative estimate of drug-likeness (QED) is 0.725. The van der Waals surface area contributed by atoms with Crippen LogP contribution in [0.3, 0.4) is 0 Å². The molecular formula is C20H30O6. The van der Waals surface area contributed by atoms with Crippen molar-refractivity contribution in [2.24, 2.45) is 29.1 Å². The van der Waals surface area contributed by atoms with Gasteiger partial charge in [-0.3, -0.25) is 4.79 Å². The summed E-state index contributed by atoms with van der Waals surface area (Å²) in [6.07, 6.45) is 1.94. The molecule has 0 radical (unpaired) electrons. The lowest BCUT2D eigenvalue weighted by Gasteiger charge is -2.54. The smallest absolute Gasteiger partial charge is 0.331 e. The average molecular weight is 366 g/mol. The number of aliphatic hydroxyl groups excluding tert-OH is 2. The third kappa shape index (κ3) is 2.78. The molecule has 0 spiro atoms. The van der Waals surface area contributed by atoms with E-state index in [4.69, 9.17) is 9.47 Å². The number of rotatable bonds is 2. The molecule has 2 aliphatic carbocycles. The van der Waals surface area contributed by atoms with Gasteiger partial charge >= 0.3 is 11.9 Å². The Labute approximate surface area is 154 Å². The van der Waals surface area contributed by atoms with Crippen LogP contribution >= 0.6 is 0 Å². The zero-order valence-corrected chi connectivity index (χ0v) is 16.0. The van der Waals surface area contributed by atoms with Crippen molar-refractivity contribution in [3.05, 3.63) is 11.6 Å². The minimum absolute atomic E-state index is 0.00637. The summed E-state index contributed by atoms with van der Waals surface area (Å²) in [6.45, 7) is 7.82. The normalized spacial score (nSPS) is 44.5. The topological polar surface area (TPSA) is 93.1 Å². The second-order valence-electron chi connectivity index (χ2n) is 8.12. The van der Waals surface area contributed by atoms with Crippen molar-refractivity contribution >= 4 is 11.9 Å². The Hall–Kier alpha value is -1.40. The van der Waals surface area contributed by atoms with Crippen LogP contribution in [0.4, 0.5) is 0 Å². The zero-order chi connectivity index (χ0) is 19.2. The van der Waals surface area contributed by atoms with E-state index >= 15 is 0 Å². The van der Waals surface area contributed by atoms with E-state index in [-0.39, 0.29) is 42.4 Å². The molecule has 2 heterocycles. The number of hydrogen-bond donors (Lipinski definition) is 2. The Morgan fingerprint density at radius 2 is 1.92 bits per heavy atom. The van der Waals surface area contributed by atoms with Crippen molar-refractivity contribution in [2.45, 2.75) is 65.3 Å². The van der Waals surface area contributed by atoms with Crippen molar-refractivity contribution < 1.29 is 29.3 Å². The predicted octanol–water partition coefficient (Wildman–Crippen LogP) is 1.83. The summed E-state index contributed by atoms with van der Waals surface area (Å²) in [5.41, 5.74) is 0.516. The summed E-state index contributed by atoms with van der Waals surface area (Å²) in [7, 11) is 0. The Morgan fingerprint density at radius 3 is 2.58 bits per heavy atom. The van der Waals surface area contributed by atoms with Gasteiger partial charge < -0.3 is 19.7 Å². The zero-order valence-electron chi connectivity index (χ0n) is 16.0. The van der Waals surface area contributed by atoms with Gasteiger partial charge in [0.25, 0.3) is 0 Å². The second kappa shape index (κ2) is 6.97. The van der Waals surface area contributed by atoms with Gasteiger partial charge in [-0.1, -0.05) is 27.7 Å². The summed E-state index contributed by atoms with van der Waals surface area (Å²) in [4.78, 5) is 24.4. The Balaban J connectivity index is 0.000000948. The van der Waals surface area contributed by atoms with Crippen molar-refractivity contribution in [2.75, 3.05) is 6.61 Å². The van der Waals surface area contributed by atoms with Crippen LogP contribution in [0.1, 0.15) is 47.0 Å². The van der Waals surface area contributed by atoms with Gasteiger partial charge in [-0.15, -0.1) is 0 Å². The van der Waals surface area contributed by atoms with Gasteiger partial charge in [0.2, 0.25) is 0 Å². The van der Waals surface area contributed by atoms with Gasteiger partial charge in [0, 0.05) is 30.4 Å². The van der Waals surface area contributed by atoms with E-state index in [1.165, 1.54) is 0 Å². The maximum atomic E-state index is 12.3. The van der Waals surface area contributed by atoms with Crippen LogP contribution in [-0.2, 0) is 19.1 Å². The van der Waals surface area contributed by atoms with Crippen LogP contribution in [0, 0.1) is 29.1 Å². The van der Waals surface area contributed by atoms with E-state index in [9.17, 15) is 19.8 Å². The highest BCUT2D eigenvalue weighted by molar-refractivity contribution is 5.85. The van der Waals surface area contributed by atoms with Crippen LogP contribution in [-0.4, -0.2) is 47.1 Å². The minimum atomic E-state index is -0.575. The van der Waals surface area contributed by atoms with Gasteiger partial charge in [-0.05, 0) is 30.3 Å². The largest absolute Gasteiger partial charge is 0.462 e. The first-order chi connectivity index (χ1) is 12.3. The van der Waals surface area contributed by atoms with Crippen LogP contribution in [0.25, 0.3) is 0 Å². The monoisotopic (exact) mass is 366 g/mol. The molecule has 2 saturated carbocycles. The van der Waals surface area contributed by atoms with Crippen molar-refractivity contribution in [3.8, 4) is 0 Å². The molecule has 0 bridgehead atoms. The van der Waals surface area contributed by atoms with Gasteiger partial charge in [0.15, 0.2) is 0 Å². The van der Waals surface area contributed by atoms with Crippen LogP contribution in [0.2, 0.25) is 0 Å². The fraction of sp³-hybridized carbons (Fsp3) is 0.800. The van der Waals surface area contributed by atoms with Gasteiger partial charge in [0.1, 0.15) is 12.2 Å². The molecule has 8 atom stereocenters. The fourth-order valence-corrected chi connectivity index (χ4v) is 5.70. The number of hydrogen-bond acceptors (Lipinski definition) is 6. The van der Waals surface area contributed by atoms with Crippen molar-refractivity contribution in [3.63, 3.8) is 0 Å². The molecule has 4 rings (SSSR count). The first-order valence-corrected chi connectivity index (χ1v) is 9.77. The van der Waals surface area contributed by atoms with Gasteiger partial charge in [-0.25, -0.2) is 4.79 Å². The Bertz CT molecular complexity index is 613. The number of cyclic esters (lactones) is 1. The molecule has 6 nitrogen and oxygen atoms in total. The highest BCUT2D eigenvalue weighted by Crippen LogP contribution is 2.62. The number of ether oxygens (including phenoxy) is 2. The molecule has 4 aliphatic rings. The highest BCUT2D eigenvalue weighted by Gasteiger charge is 2.64. The maximum absolute atomic E-state index is 12.3. The molecule has 146 valence electrons. The maximum Gasteiger partial charge on any atom is 0.331 e. The van der Waals surface area contributed by atoms with Gasteiger partial charge in [0.05, 0.1) is 12.0 Å². The summed E-state index contributed by atoms with van der Waals surface area (Å²) in [5.74, 6) is -1.18. The molecule has 8 unspecified atom stereocenters. The molecule has 0 aromatic carbocycles.